The first-order valence-corrected chi connectivity index (χ1v) is 11.9. The van der Waals surface area contributed by atoms with Crippen molar-refractivity contribution < 1.29 is 0 Å². The van der Waals surface area contributed by atoms with Gasteiger partial charge in [0, 0.05) is 19.2 Å². The lowest BCUT2D eigenvalue weighted by molar-refractivity contribution is 0.263. The minimum Gasteiger partial charge on any atom is -0.139 e. The molecule has 1 unspecified atom stereocenters. The van der Waals surface area contributed by atoms with Crippen LogP contribution >= 0.6 is 22.7 Å². The van der Waals surface area contributed by atoms with Crippen LogP contribution in [0.15, 0.2) is 36.4 Å². The Balaban J connectivity index is 1.51. The molecule has 4 rings (SSSR count). The van der Waals surface area contributed by atoms with Gasteiger partial charge < -0.3 is 0 Å². The Morgan fingerprint density at radius 1 is 0.962 bits per heavy atom. The molecule has 1 aliphatic carbocycles. The van der Waals surface area contributed by atoms with Gasteiger partial charge in [-0.25, -0.2) is 0 Å². The van der Waals surface area contributed by atoms with Gasteiger partial charge in [0.2, 0.25) is 0 Å². The van der Waals surface area contributed by atoms with Crippen molar-refractivity contribution in [3.63, 3.8) is 0 Å². The van der Waals surface area contributed by atoms with Crippen LogP contribution in [0.4, 0.5) is 0 Å². The molecule has 2 heteroatoms. The molecule has 138 valence electrons. The summed E-state index contributed by atoms with van der Waals surface area (Å²) in [6.45, 7) is 7.12. The quantitative estimate of drug-likeness (QED) is 0.415. The van der Waals surface area contributed by atoms with Crippen molar-refractivity contribution in [3.05, 3.63) is 46.8 Å². The molecule has 0 N–H and O–H groups in total. The lowest BCUT2D eigenvalue weighted by Crippen LogP contribution is -2.17. The number of fused-ring (bicyclic) bond motifs is 1. The number of thiophene rings is 2. The van der Waals surface area contributed by atoms with Gasteiger partial charge in [0.05, 0.1) is 0 Å². The Morgan fingerprint density at radius 2 is 1.65 bits per heavy atom. The molecule has 0 amide bonds. The smallest absolute Gasteiger partial charge is 0.0460 e. The molecular formula is C24H30S2. The standard InChI is InChI=1S/C24H30S2/c1-4-5-18-8-12-20(13-9-18)22-15-24-23(26-22)14-21(25-24)17(3)19-10-6-16(2)7-11-19/h8-9,12-17,19H,4-7,10-11H2,1-3H3. The zero-order valence-electron chi connectivity index (χ0n) is 16.3. The summed E-state index contributed by atoms with van der Waals surface area (Å²) in [7, 11) is 0. The molecule has 0 aliphatic heterocycles. The lowest BCUT2D eigenvalue weighted by atomic mass is 9.76. The summed E-state index contributed by atoms with van der Waals surface area (Å²) in [6, 6.07) is 14.1. The predicted octanol–water partition coefficient (Wildman–Crippen LogP) is 8.51. The maximum Gasteiger partial charge on any atom is 0.0460 e. The zero-order chi connectivity index (χ0) is 18.1. The van der Waals surface area contributed by atoms with E-state index in [1.165, 1.54) is 63.9 Å². The minimum absolute atomic E-state index is 0.726. The highest BCUT2D eigenvalue weighted by Gasteiger charge is 2.25. The molecule has 0 bridgehead atoms. The molecule has 1 fully saturated rings. The molecule has 1 atom stereocenters. The van der Waals surface area contributed by atoms with Gasteiger partial charge in [-0.05, 0) is 60.3 Å². The second kappa shape index (κ2) is 7.86. The summed E-state index contributed by atoms with van der Waals surface area (Å²) in [5, 5.41) is 0. The first kappa shape index (κ1) is 18.3. The average molecular weight is 383 g/mol. The topological polar surface area (TPSA) is 0 Å². The van der Waals surface area contributed by atoms with Crippen LogP contribution in [0.2, 0.25) is 0 Å². The van der Waals surface area contributed by atoms with Gasteiger partial charge in [-0.15, -0.1) is 22.7 Å². The molecule has 0 radical (unpaired) electrons. The summed E-state index contributed by atoms with van der Waals surface area (Å²) in [5.74, 6) is 2.56. The minimum atomic E-state index is 0.726. The Kier molecular flexibility index (Phi) is 5.52. The van der Waals surface area contributed by atoms with E-state index in [1.54, 1.807) is 4.88 Å². The van der Waals surface area contributed by atoms with Gasteiger partial charge in [0.1, 0.15) is 0 Å². The van der Waals surface area contributed by atoms with Crippen molar-refractivity contribution in [3.8, 4) is 10.4 Å². The molecule has 3 aromatic rings. The highest BCUT2D eigenvalue weighted by Crippen LogP contribution is 2.44. The molecule has 26 heavy (non-hydrogen) atoms. The SMILES string of the molecule is CCCc1ccc(-c2cc3sc(C(C)C4CCC(C)CC4)cc3s2)cc1. The van der Waals surface area contributed by atoms with Crippen molar-refractivity contribution in [1.29, 1.82) is 0 Å². The molecule has 0 nitrogen and oxygen atoms in total. The third-order valence-corrected chi connectivity index (χ3v) is 8.76. The largest absolute Gasteiger partial charge is 0.139 e. The second-order valence-electron chi connectivity index (χ2n) is 8.24. The summed E-state index contributed by atoms with van der Waals surface area (Å²) in [5.41, 5.74) is 2.82. The summed E-state index contributed by atoms with van der Waals surface area (Å²) in [6.07, 6.45) is 8.09. The fourth-order valence-corrected chi connectivity index (χ4v) is 6.92. The van der Waals surface area contributed by atoms with Crippen LogP contribution in [0.3, 0.4) is 0 Å². The number of rotatable bonds is 5. The van der Waals surface area contributed by atoms with Gasteiger partial charge in [-0.2, -0.15) is 0 Å². The van der Waals surface area contributed by atoms with Crippen LogP contribution in [-0.2, 0) is 6.42 Å². The van der Waals surface area contributed by atoms with Gasteiger partial charge in [-0.3, -0.25) is 0 Å². The van der Waals surface area contributed by atoms with Crippen molar-refractivity contribution in [2.45, 2.75) is 65.2 Å². The number of aryl methyl sites for hydroxylation is 1. The van der Waals surface area contributed by atoms with E-state index in [4.69, 9.17) is 0 Å². The van der Waals surface area contributed by atoms with Crippen LogP contribution in [0.25, 0.3) is 19.8 Å². The van der Waals surface area contributed by atoms with Gasteiger partial charge in [0.15, 0.2) is 0 Å². The highest BCUT2D eigenvalue weighted by molar-refractivity contribution is 7.29. The van der Waals surface area contributed by atoms with E-state index in [1.807, 2.05) is 22.7 Å². The van der Waals surface area contributed by atoms with Gasteiger partial charge in [-0.1, -0.05) is 64.3 Å². The fraction of sp³-hybridized carbons (Fsp3) is 0.500. The molecule has 0 saturated heterocycles. The summed E-state index contributed by atoms with van der Waals surface area (Å²) < 4.78 is 2.96. The number of benzene rings is 1. The summed E-state index contributed by atoms with van der Waals surface area (Å²) >= 11 is 4.00. The first-order valence-electron chi connectivity index (χ1n) is 10.3. The lowest BCUT2D eigenvalue weighted by Gasteiger charge is -2.30. The van der Waals surface area contributed by atoms with Crippen LogP contribution in [0, 0.1) is 11.8 Å². The molecule has 1 aliphatic rings. The van der Waals surface area contributed by atoms with Crippen molar-refractivity contribution >= 4 is 32.1 Å². The van der Waals surface area contributed by atoms with Crippen molar-refractivity contribution in [1.82, 2.24) is 0 Å². The fourth-order valence-electron chi connectivity index (χ4n) is 4.36. The molecule has 1 aromatic carbocycles. The maximum atomic E-state index is 2.49. The van der Waals surface area contributed by atoms with Crippen LogP contribution < -0.4 is 0 Å². The van der Waals surface area contributed by atoms with E-state index in [0.29, 0.717) is 0 Å². The number of hydrogen-bond acceptors (Lipinski definition) is 2. The van der Waals surface area contributed by atoms with Crippen LogP contribution in [-0.4, -0.2) is 0 Å². The van der Waals surface area contributed by atoms with E-state index >= 15 is 0 Å². The van der Waals surface area contributed by atoms with Gasteiger partial charge in [0.25, 0.3) is 0 Å². The van der Waals surface area contributed by atoms with Crippen LogP contribution in [0.5, 0.6) is 0 Å². The van der Waals surface area contributed by atoms with Gasteiger partial charge >= 0.3 is 0 Å². The van der Waals surface area contributed by atoms with E-state index in [2.05, 4.69) is 57.2 Å². The van der Waals surface area contributed by atoms with Crippen molar-refractivity contribution in [2.75, 3.05) is 0 Å². The summed E-state index contributed by atoms with van der Waals surface area (Å²) in [4.78, 5) is 3.02. The van der Waals surface area contributed by atoms with E-state index in [0.717, 1.165) is 17.8 Å². The molecular weight excluding hydrogens is 352 g/mol. The Labute approximate surface area is 166 Å². The van der Waals surface area contributed by atoms with Crippen molar-refractivity contribution in [2.24, 2.45) is 11.8 Å². The zero-order valence-corrected chi connectivity index (χ0v) is 17.9. The van der Waals surface area contributed by atoms with E-state index in [-0.39, 0.29) is 0 Å². The normalized spacial score (nSPS) is 22.0. The molecule has 2 heterocycles. The monoisotopic (exact) mass is 382 g/mol. The Morgan fingerprint density at radius 3 is 2.31 bits per heavy atom. The van der Waals surface area contributed by atoms with E-state index in [9.17, 15) is 0 Å². The number of hydrogen-bond donors (Lipinski definition) is 0. The first-order chi connectivity index (χ1) is 12.6. The Bertz CT molecular complexity index is 813. The molecule has 0 spiro atoms. The van der Waals surface area contributed by atoms with E-state index < -0.39 is 0 Å². The third kappa shape index (κ3) is 3.77. The Hall–Kier alpha value is -1.12. The van der Waals surface area contributed by atoms with Crippen LogP contribution in [0.1, 0.15) is 69.2 Å². The maximum absolute atomic E-state index is 2.49. The second-order valence-corrected chi connectivity index (χ2v) is 10.4. The predicted molar refractivity (Wildman–Crippen MR) is 119 cm³/mol. The molecule has 2 aromatic heterocycles. The highest BCUT2D eigenvalue weighted by atomic mass is 32.1. The third-order valence-electron chi connectivity index (χ3n) is 6.22. The molecule has 1 saturated carbocycles. The average Bonchev–Trinajstić information content (AvgIpc) is 3.22.